The third kappa shape index (κ3) is 71.4. The summed E-state index contributed by atoms with van der Waals surface area (Å²) in [5.74, 6) is -0.0168. The Morgan fingerprint density at radius 1 is 0.314 bits per heavy atom. The Bertz CT molecular complexity index is 1350. The maximum absolute atomic E-state index is 12.6. The zero-order valence-electron chi connectivity index (χ0n) is 58.6. The molecule has 3 N–H and O–H groups in total. The highest BCUT2D eigenvalue weighted by Gasteiger charge is 2.20. The summed E-state index contributed by atoms with van der Waals surface area (Å²) in [6.45, 7) is 5.00. The van der Waals surface area contributed by atoms with E-state index < -0.39 is 12.1 Å². The molecular formula is C80H155NO5. The molecule has 86 heavy (non-hydrogen) atoms. The zero-order valence-corrected chi connectivity index (χ0v) is 58.6. The van der Waals surface area contributed by atoms with Crippen LogP contribution in [0.5, 0.6) is 0 Å². The lowest BCUT2D eigenvalue weighted by atomic mass is 10.0. The lowest BCUT2D eigenvalue weighted by Crippen LogP contribution is -2.45. The van der Waals surface area contributed by atoms with Gasteiger partial charge in [0.1, 0.15) is 0 Å². The molecule has 0 radical (unpaired) electrons. The van der Waals surface area contributed by atoms with Gasteiger partial charge in [0.05, 0.1) is 25.4 Å². The van der Waals surface area contributed by atoms with Crippen molar-refractivity contribution in [1.82, 2.24) is 5.32 Å². The summed E-state index contributed by atoms with van der Waals surface area (Å²) in [4.78, 5) is 24.7. The Balaban J connectivity index is 3.37. The Labute approximate surface area is 539 Å². The van der Waals surface area contributed by atoms with Crippen molar-refractivity contribution in [2.45, 2.75) is 463 Å². The van der Waals surface area contributed by atoms with Gasteiger partial charge in [0, 0.05) is 12.8 Å². The minimum Gasteiger partial charge on any atom is -0.466 e. The van der Waals surface area contributed by atoms with Gasteiger partial charge in [-0.1, -0.05) is 385 Å². The second-order valence-corrected chi connectivity index (χ2v) is 27.4. The molecule has 6 nitrogen and oxygen atoms in total. The molecule has 0 spiro atoms. The van der Waals surface area contributed by atoms with Crippen molar-refractivity contribution >= 4 is 11.9 Å². The molecule has 6 heteroatoms. The fraction of sp³-hybridized carbons (Fsp3) is 0.925. The van der Waals surface area contributed by atoms with E-state index >= 15 is 0 Å². The van der Waals surface area contributed by atoms with Crippen LogP contribution in [0, 0.1) is 0 Å². The van der Waals surface area contributed by atoms with Gasteiger partial charge in [-0.3, -0.25) is 9.59 Å². The molecule has 0 aliphatic heterocycles. The topological polar surface area (TPSA) is 95.9 Å². The first-order valence-corrected chi connectivity index (χ1v) is 39.6. The molecule has 2 unspecified atom stereocenters. The maximum Gasteiger partial charge on any atom is 0.305 e. The number of esters is 1. The third-order valence-corrected chi connectivity index (χ3v) is 18.7. The van der Waals surface area contributed by atoms with Gasteiger partial charge in [0.2, 0.25) is 5.91 Å². The number of aliphatic hydroxyl groups excluding tert-OH is 2. The van der Waals surface area contributed by atoms with Gasteiger partial charge < -0.3 is 20.3 Å². The number of unbranched alkanes of at least 4 members (excludes halogenated alkanes) is 60. The van der Waals surface area contributed by atoms with Crippen LogP contribution in [0.1, 0.15) is 450 Å². The second kappa shape index (κ2) is 75.8. The predicted molar refractivity (Wildman–Crippen MR) is 380 cm³/mol. The minimum atomic E-state index is -0.666. The Kier molecular flexibility index (Phi) is 74.3. The average Bonchev–Trinajstić information content (AvgIpc) is 3.54. The summed E-state index contributed by atoms with van der Waals surface area (Å²) in [5, 5.41) is 23.5. The first-order valence-electron chi connectivity index (χ1n) is 39.6. The van der Waals surface area contributed by atoms with Crippen LogP contribution in [0.2, 0.25) is 0 Å². The Morgan fingerprint density at radius 3 is 0.826 bits per heavy atom. The van der Waals surface area contributed by atoms with Gasteiger partial charge in [0.25, 0.3) is 0 Å². The smallest absolute Gasteiger partial charge is 0.305 e. The largest absolute Gasteiger partial charge is 0.466 e. The van der Waals surface area contributed by atoms with Crippen molar-refractivity contribution in [1.29, 1.82) is 0 Å². The molecule has 0 aromatic rings. The number of carbonyl (C=O) groups excluding carboxylic acids is 2. The summed E-state index contributed by atoms with van der Waals surface area (Å²) in [6.07, 6.45) is 96.9. The van der Waals surface area contributed by atoms with E-state index in [1.807, 2.05) is 0 Å². The zero-order chi connectivity index (χ0) is 62.0. The van der Waals surface area contributed by atoms with E-state index in [1.54, 1.807) is 0 Å². The second-order valence-electron chi connectivity index (χ2n) is 27.4. The van der Waals surface area contributed by atoms with Crippen LogP contribution >= 0.6 is 0 Å². The molecule has 0 aromatic carbocycles. The normalized spacial score (nSPS) is 12.6. The van der Waals surface area contributed by atoms with Crippen molar-refractivity contribution in [2.24, 2.45) is 0 Å². The Hall–Kier alpha value is -1.66. The van der Waals surface area contributed by atoms with Gasteiger partial charge in [-0.05, 0) is 77.0 Å². The van der Waals surface area contributed by atoms with Crippen molar-refractivity contribution in [3.63, 3.8) is 0 Å². The molecule has 0 aliphatic carbocycles. The first kappa shape index (κ1) is 84.3. The van der Waals surface area contributed by atoms with E-state index in [0.29, 0.717) is 25.9 Å². The van der Waals surface area contributed by atoms with E-state index in [-0.39, 0.29) is 18.5 Å². The number of rotatable bonds is 75. The molecule has 0 aromatic heterocycles. The number of amides is 1. The number of hydrogen-bond acceptors (Lipinski definition) is 5. The monoisotopic (exact) mass is 1210 g/mol. The highest BCUT2D eigenvalue weighted by Crippen LogP contribution is 2.20. The van der Waals surface area contributed by atoms with Crippen LogP contribution in [-0.4, -0.2) is 47.4 Å². The SMILES string of the molecule is CCCCCCCCC/C=C\CCCCCCCCCC(=O)OCCCCCCCCCCCCCC/C=C\CCCCCCCCCCCCCC(=O)NC(CO)C(O)CCCCCCCCCCCCCCCCCCCCCCCCCC. The molecule has 0 fully saturated rings. The lowest BCUT2D eigenvalue weighted by Gasteiger charge is -2.22. The number of ether oxygens (including phenoxy) is 1. The van der Waals surface area contributed by atoms with Crippen LogP contribution < -0.4 is 5.32 Å². The van der Waals surface area contributed by atoms with Gasteiger partial charge in [-0.15, -0.1) is 0 Å². The van der Waals surface area contributed by atoms with Gasteiger partial charge in [-0.25, -0.2) is 0 Å². The van der Waals surface area contributed by atoms with Gasteiger partial charge in [-0.2, -0.15) is 0 Å². The maximum atomic E-state index is 12.6. The summed E-state index contributed by atoms with van der Waals surface area (Å²) in [6, 6.07) is -0.544. The van der Waals surface area contributed by atoms with E-state index in [1.165, 1.54) is 372 Å². The van der Waals surface area contributed by atoms with Crippen LogP contribution in [0.3, 0.4) is 0 Å². The van der Waals surface area contributed by atoms with E-state index in [4.69, 9.17) is 4.74 Å². The molecule has 510 valence electrons. The molecule has 2 atom stereocenters. The van der Waals surface area contributed by atoms with Crippen LogP contribution in [0.4, 0.5) is 0 Å². The number of nitrogens with one attached hydrogen (secondary N) is 1. The summed E-state index contributed by atoms with van der Waals surface area (Å²) in [7, 11) is 0. The molecule has 1 amide bonds. The standard InChI is InChI=1S/C80H155NO5/c1-3-5-7-9-11-13-15-17-19-21-23-24-25-31-34-37-40-44-48-52-56-60-64-68-72-78(83)77(76-82)81-79(84)73-69-65-61-57-53-49-45-41-38-35-32-29-27-26-28-30-33-36-39-43-47-51-55-59-63-67-71-75-86-80(85)74-70-66-62-58-54-50-46-42-22-20-18-16-14-12-10-8-6-4-2/h20,22,26-27,77-78,82-83H,3-19,21,23-25,28-76H2,1-2H3,(H,81,84)/b22-20-,27-26-. The van der Waals surface area contributed by atoms with Crippen molar-refractivity contribution in [2.75, 3.05) is 13.2 Å². The summed E-state index contributed by atoms with van der Waals surface area (Å²) >= 11 is 0. The lowest BCUT2D eigenvalue weighted by molar-refractivity contribution is -0.143. The van der Waals surface area contributed by atoms with E-state index in [0.717, 1.165) is 44.9 Å². The molecule has 0 rings (SSSR count). The highest BCUT2D eigenvalue weighted by molar-refractivity contribution is 5.76. The molecular weight excluding hydrogens is 1050 g/mol. The summed E-state index contributed by atoms with van der Waals surface area (Å²) < 4.78 is 5.51. The Morgan fingerprint density at radius 2 is 0.547 bits per heavy atom. The fourth-order valence-corrected chi connectivity index (χ4v) is 12.7. The fourth-order valence-electron chi connectivity index (χ4n) is 12.7. The predicted octanol–water partition coefficient (Wildman–Crippen LogP) is 26.0. The average molecular weight is 1210 g/mol. The van der Waals surface area contributed by atoms with Crippen molar-refractivity contribution in [3.05, 3.63) is 24.3 Å². The first-order chi connectivity index (χ1) is 42.5. The molecule has 0 saturated carbocycles. The molecule has 0 aliphatic rings. The third-order valence-electron chi connectivity index (χ3n) is 18.7. The van der Waals surface area contributed by atoms with E-state index in [9.17, 15) is 19.8 Å². The van der Waals surface area contributed by atoms with E-state index in [2.05, 4.69) is 43.5 Å². The van der Waals surface area contributed by atoms with Crippen LogP contribution in [0.25, 0.3) is 0 Å². The minimum absolute atomic E-state index is 0.0135. The highest BCUT2D eigenvalue weighted by atomic mass is 16.5. The van der Waals surface area contributed by atoms with Gasteiger partial charge >= 0.3 is 5.97 Å². The number of carbonyl (C=O) groups is 2. The van der Waals surface area contributed by atoms with Crippen molar-refractivity contribution < 1.29 is 24.5 Å². The molecule has 0 saturated heterocycles. The van der Waals surface area contributed by atoms with Crippen molar-refractivity contribution in [3.8, 4) is 0 Å². The number of hydrogen-bond donors (Lipinski definition) is 3. The summed E-state index contributed by atoms with van der Waals surface area (Å²) in [5.41, 5.74) is 0. The van der Waals surface area contributed by atoms with Crippen LogP contribution in [-0.2, 0) is 14.3 Å². The molecule has 0 heterocycles. The number of allylic oxidation sites excluding steroid dienone is 4. The molecule has 0 bridgehead atoms. The van der Waals surface area contributed by atoms with Gasteiger partial charge in [0.15, 0.2) is 0 Å². The quantitative estimate of drug-likeness (QED) is 0.0320. The number of aliphatic hydroxyl groups is 2. The van der Waals surface area contributed by atoms with Crippen LogP contribution in [0.15, 0.2) is 24.3 Å².